The maximum atomic E-state index is 14.3. The number of piperidine rings is 1. The summed E-state index contributed by atoms with van der Waals surface area (Å²) < 4.78 is 50.2. The number of nitrogens with zero attached hydrogens (tertiary/aromatic N) is 2. The van der Waals surface area contributed by atoms with Crippen LogP contribution in [0, 0.1) is 5.82 Å². The quantitative estimate of drug-likeness (QED) is 0.588. The van der Waals surface area contributed by atoms with Crippen molar-refractivity contribution in [3.05, 3.63) is 29.6 Å². The maximum Gasteiger partial charge on any atom is 0.325 e. The van der Waals surface area contributed by atoms with Crippen molar-refractivity contribution in [2.45, 2.75) is 24.2 Å². The molecular weight excluding hydrogens is 407 g/mol. The number of benzene rings is 1. The first-order valence-electron chi connectivity index (χ1n) is 8.93. The smallest absolute Gasteiger partial charge is 0.325 e. The van der Waals surface area contributed by atoms with Gasteiger partial charge >= 0.3 is 11.9 Å². The average molecular weight is 430 g/mol. The van der Waals surface area contributed by atoms with Gasteiger partial charge in [-0.05, 0) is 31.0 Å². The molecule has 0 aliphatic carbocycles. The summed E-state index contributed by atoms with van der Waals surface area (Å²) in [6.45, 7) is -0.570. The third-order valence-corrected chi connectivity index (χ3v) is 6.41. The Morgan fingerprint density at radius 2 is 1.59 bits per heavy atom. The molecule has 29 heavy (non-hydrogen) atoms. The van der Waals surface area contributed by atoms with Crippen LogP contribution in [0.3, 0.4) is 0 Å². The number of ether oxygens (including phenoxy) is 2. The predicted octanol–water partition coefficient (Wildman–Crippen LogP) is 0.789. The number of hydrogen-bond donors (Lipinski definition) is 0. The van der Waals surface area contributed by atoms with Gasteiger partial charge in [-0.15, -0.1) is 0 Å². The van der Waals surface area contributed by atoms with Crippen molar-refractivity contribution in [2.75, 3.05) is 40.4 Å². The summed E-state index contributed by atoms with van der Waals surface area (Å²) in [7, 11) is -1.89. The van der Waals surface area contributed by atoms with E-state index in [2.05, 4.69) is 9.47 Å². The van der Waals surface area contributed by atoms with E-state index < -0.39 is 51.7 Å². The van der Waals surface area contributed by atoms with E-state index in [1.807, 2.05) is 0 Å². The Balaban J connectivity index is 2.37. The van der Waals surface area contributed by atoms with Crippen LogP contribution in [0.1, 0.15) is 29.6 Å². The number of esters is 2. The van der Waals surface area contributed by atoms with Crippen molar-refractivity contribution in [1.29, 1.82) is 0 Å². The molecule has 1 aromatic carbocycles. The Kier molecular flexibility index (Phi) is 7.68. The Labute approximate surface area is 168 Å². The van der Waals surface area contributed by atoms with E-state index in [0.717, 1.165) is 43.7 Å². The van der Waals surface area contributed by atoms with Crippen LogP contribution in [0.5, 0.6) is 0 Å². The highest BCUT2D eigenvalue weighted by molar-refractivity contribution is 7.89. The second kappa shape index (κ2) is 9.79. The van der Waals surface area contributed by atoms with Gasteiger partial charge in [0.15, 0.2) is 0 Å². The Bertz CT molecular complexity index is 864. The van der Waals surface area contributed by atoms with Crippen molar-refractivity contribution in [1.82, 2.24) is 9.21 Å². The number of rotatable bonds is 7. The third kappa shape index (κ3) is 5.51. The minimum Gasteiger partial charge on any atom is -0.468 e. The molecule has 1 aliphatic rings. The lowest BCUT2D eigenvalue weighted by Gasteiger charge is -2.26. The number of sulfonamides is 1. The summed E-state index contributed by atoms with van der Waals surface area (Å²) in [4.78, 5) is 36.2. The largest absolute Gasteiger partial charge is 0.468 e. The summed E-state index contributed by atoms with van der Waals surface area (Å²) in [6.07, 6.45) is 2.24. The fraction of sp³-hybridized carbons (Fsp3) is 0.500. The lowest BCUT2D eigenvalue weighted by molar-refractivity contribution is -0.144. The first kappa shape index (κ1) is 22.8. The second-order valence-corrected chi connectivity index (χ2v) is 8.33. The van der Waals surface area contributed by atoms with Crippen LogP contribution < -0.4 is 0 Å². The van der Waals surface area contributed by atoms with Gasteiger partial charge < -0.3 is 14.4 Å². The zero-order valence-corrected chi connectivity index (χ0v) is 17.0. The molecule has 0 spiro atoms. The molecule has 0 aromatic heterocycles. The SMILES string of the molecule is COC(=O)CN(CC(=O)OC)C(=O)c1ccc(F)c(S(=O)(=O)N2CCCCC2)c1. The Morgan fingerprint density at radius 1 is 1.03 bits per heavy atom. The van der Waals surface area contributed by atoms with Gasteiger partial charge in [-0.2, -0.15) is 4.31 Å². The zero-order chi connectivity index (χ0) is 21.6. The van der Waals surface area contributed by atoms with E-state index in [9.17, 15) is 27.2 Å². The van der Waals surface area contributed by atoms with Gasteiger partial charge in [0.25, 0.3) is 5.91 Å². The number of hydrogen-bond acceptors (Lipinski definition) is 7. The van der Waals surface area contributed by atoms with E-state index in [1.54, 1.807) is 0 Å². The van der Waals surface area contributed by atoms with E-state index in [4.69, 9.17) is 0 Å². The third-order valence-electron chi connectivity index (χ3n) is 4.49. The second-order valence-electron chi connectivity index (χ2n) is 6.42. The molecule has 1 aromatic rings. The van der Waals surface area contributed by atoms with Gasteiger partial charge in [-0.1, -0.05) is 6.42 Å². The molecule has 9 nitrogen and oxygen atoms in total. The molecule has 0 N–H and O–H groups in total. The van der Waals surface area contributed by atoms with Gasteiger partial charge in [0.1, 0.15) is 23.8 Å². The van der Waals surface area contributed by atoms with E-state index in [0.29, 0.717) is 12.8 Å². The molecule has 160 valence electrons. The minimum atomic E-state index is -4.13. The Hall–Kier alpha value is -2.53. The molecule has 1 amide bonds. The van der Waals surface area contributed by atoms with Crippen LogP contribution in [-0.4, -0.2) is 75.9 Å². The molecule has 0 saturated carbocycles. The predicted molar refractivity (Wildman–Crippen MR) is 98.9 cm³/mol. The number of halogens is 1. The van der Waals surface area contributed by atoms with Crippen molar-refractivity contribution in [2.24, 2.45) is 0 Å². The summed E-state index contributed by atoms with van der Waals surface area (Å²) in [5, 5.41) is 0. The first-order chi connectivity index (χ1) is 13.7. The van der Waals surface area contributed by atoms with Crippen LogP contribution in [0.25, 0.3) is 0 Å². The van der Waals surface area contributed by atoms with Crippen LogP contribution in [-0.2, 0) is 29.1 Å². The van der Waals surface area contributed by atoms with Gasteiger partial charge in [0.05, 0.1) is 14.2 Å². The van der Waals surface area contributed by atoms with Gasteiger partial charge in [0, 0.05) is 18.7 Å². The van der Waals surface area contributed by atoms with Gasteiger partial charge in [0.2, 0.25) is 10.0 Å². The number of carbonyl (C=O) groups excluding carboxylic acids is 3. The van der Waals surface area contributed by atoms with Crippen LogP contribution in [0.15, 0.2) is 23.1 Å². The minimum absolute atomic E-state index is 0.185. The topological polar surface area (TPSA) is 110 Å². The van der Waals surface area contributed by atoms with Crippen LogP contribution in [0.2, 0.25) is 0 Å². The van der Waals surface area contributed by atoms with Crippen molar-refractivity contribution < 1.29 is 36.7 Å². The van der Waals surface area contributed by atoms with E-state index in [1.165, 1.54) is 4.31 Å². The molecule has 1 saturated heterocycles. The standard InChI is InChI=1S/C18H23FN2O7S/c1-27-16(22)11-20(12-17(23)28-2)18(24)13-6-7-14(19)15(10-13)29(25,26)21-8-4-3-5-9-21/h6-7,10H,3-5,8-9,11-12H2,1-2H3. The molecule has 0 radical (unpaired) electrons. The number of carbonyl (C=O) groups is 3. The normalized spacial score (nSPS) is 14.9. The summed E-state index contributed by atoms with van der Waals surface area (Å²) in [5.74, 6) is -3.40. The average Bonchev–Trinajstić information content (AvgIpc) is 2.73. The Morgan fingerprint density at radius 3 is 2.10 bits per heavy atom. The lowest BCUT2D eigenvalue weighted by Crippen LogP contribution is -2.40. The lowest BCUT2D eigenvalue weighted by atomic mass is 10.2. The summed E-state index contributed by atoms with van der Waals surface area (Å²) in [6, 6.07) is 2.89. The molecule has 1 heterocycles. The molecule has 0 bridgehead atoms. The highest BCUT2D eigenvalue weighted by Gasteiger charge is 2.30. The highest BCUT2D eigenvalue weighted by atomic mass is 32.2. The van der Waals surface area contributed by atoms with Crippen LogP contribution in [0.4, 0.5) is 4.39 Å². The van der Waals surface area contributed by atoms with Crippen molar-refractivity contribution >= 4 is 27.9 Å². The molecule has 1 aliphatic heterocycles. The van der Waals surface area contributed by atoms with E-state index >= 15 is 0 Å². The fourth-order valence-corrected chi connectivity index (χ4v) is 4.51. The molecule has 2 rings (SSSR count). The summed E-state index contributed by atoms with van der Waals surface area (Å²) >= 11 is 0. The fourth-order valence-electron chi connectivity index (χ4n) is 2.90. The van der Waals surface area contributed by atoms with Crippen molar-refractivity contribution in [3.63, 3.8) is 0 Å². The van der Waals surface area contributed by atoms with Gasteiger partial charge in [-0.25, -0.2) is 12.8 Å². The number of methoxy groups -OCH3 is 2. The maximum absolute atomic E-state index is 14.3. The number of amides is 1. The monoisotopic (exact) mass is 430 g/mol. The zero-order valence-electron chi connectivity index (χ0n) is 16.2. The first-order valence-corrected chi connectivity index (χ1v) is 10.4. The van der Waals surface area contributed by atoms with E-state index in [-0.39, 0.29) is 18.7 Å². The van der Waals surface area contributed by atoms with Gasteiger partial charge in [-0.3, -0.25) is 14.4 Å². The molecular formula is C18H23FN2O7S. The van der Waals surface area contributed by atoms with Crippen LogP contribution >= 0.6 is 0 Å². The highest BCUT2D eigenvalue weighted by Crippen LogP contribution is 2.24. The summed E-state index contributed by atoms with van der Waals surface area (Å²) in [5.41, 5.74) is -0.185. The molecule has 0 atom stereocenters. The molecule has 11 heteroatoms. The molecule has 0 unspecified atom stereocenters. The van der Waals surface area contributed by atoms with Crippen molar-refractivity contribution in [3.8, 4) is 0 Å². The molecule has 1 fully saturated rings.